The van der Waals surface area contributed by atoms with Crippen LogP contribution in [-0.2, 0) is 0 Å². The van der Waals surface area contributed by atoms with E-state index in [0.29, 0.717) is 11.5 Å². The highest BCUT2D eigenvalue weighted by molar-refractivity contribution is 5.85. The van der Waals surface area contributed by atoms with Gasteiger partial charge in [0.2, 0.25) is 0 Å². The molecule has 2 atom stereocenters. The second-order valence-electron chi connectivity index (χ2n) is 8.01. The number of hydrogen-bond acceptors (Lipinski definition) is 4. The van der Waals surface area contributed by atoms with Crippen molar-refractivity contribution in [2.75, 3.05) is 0 Å². The van der Waals surface area contributed by atoms with Crippen molar-refractivity contribution in [3.8, 4) is 11.5 Å². The molecule has 1 aliphatic carbocycles. The average Bonchev–Trinajstić information content (AvgIpc) is 2.65. The monoisotopic (exact) mass is 378 g/mol. The summed E-state index contributed by atoms with van der Waals surface area (Å²) in [6, 6.07) is 8.05. The fourth-order valence-electron chi connectivity index (χ4n) is 3.97. The maximum atomic E-state index is 10.3. The van der Waals surface area contributed by atoms with Crippen LogP contribution in [0.15, 0.2) is 34.3 Å². The van der Waals surface area contributed by atoms with E-state index in [9.17, 15) is 10.2 Å². The van der Waals surface area contributed by atoms with Gasteiger partial charge in [0.1, 0.15) is 11.5 Å². The molecule has 4 nitrogen and oxygen atoms in total. The van der Waals surface area contributed by atoms with E-state index in [1.165, 1.54) is 0 Å². The summed E-state index contributed by atoms with van der Waals surface area (Å²) in [5.74, 6) is 0.593. The topological polar surface area (TPSA) is 65.2 Å². The van der Waals surface area contributed by atoms with Gasteiger partial charge in [-0.05, 0) is 74.9 Å². The van der Waals surface area contributed by atoms with E-state index in [1.807, 2.05) is 52.0 Å². The molecule has 0 heterocycles. The van der Waals surface area contributed by atoms with Crippen LogP contribution in [-0.4, -0.2) is 34.7 Å². The molecule has 2 aromatic carbocycles. The fraction of sp³-hybridized carbons (Fsp3) is 0.417. The maximum Gasteiger partial charge on any atom is 0.127 e. The molecule has 1 saturated carbocycles. The van der Waals surface area contributed by atoms with Gasteiger partial charge in [0.15, 0.2) is 0 Å². The highest BCUT2D eigenvalue weighted by Gasteiger charge is 2.23. The van der Waals surface area contributed by atoms with Gasteiger partial charge in [0, 0.05) is 23.6 Å². The SMILES string of the molecule is Cc1cc(C)c(O)c(C=NC2CCCCC2N=Cc2cc(C)cc(C)c2O)c1. The molecule has 0 spiro atoms. The van der Waals surface area contributed by atoms with E-state index < -0.39 is 0 Å². The normalized spacial score (nSPS) is 20.3. The van der Waals surface area contributed by atoms with Crippen LogP contribution in [0.3, 0.4) is 0 Å². The largest absolute Gasteiger partial charge is 0.507 e. The van der Waals surface area contributed by atoms with Crippen LogP contribution in [0.5, 0.6) is 11.5 Å². The molecular formula is C24H30N2O2. The van der Waals surface area contributed by atoms with Crippen LogP contribution in [0.1, 0.15) is 59.1 Å². The molecule has 28 heavy (non-hydrogen) atoms. The van der Waals surface area contributed by atoms with Gasteiger partial charge in [-0.15, -0.1) is 0 Å². The molecule has 0 saturated heterocycles. The van der Waals surface area contributed by atoms with E-state index in [2.05, 4.69) is 0 Å². The third-order valence-corrected chi connectivity index (χ3v) is 5.45. The third-order valence-electron chi connectivity index (χ3n) is 5.45. The van der Waals surface area contributed by atoms with Gasteiger partial charge in [-0.2, -0.15) is 0 Å². The number of phenolic OH excluding ortho intramolecular Hbond substituents is 2. The zero-order valence-electron chi connectivity index (χ0n) is 17.2. The number of nitrogens with zero attached hydrogens (tertiary/aromatic N) is 2. The van der Waals surface area contributed by atoms with E-state index in [1.54, 1.807) is 12.4 Å². The Kier molecular flexibility index (Phi) is 6.18. The van der Waals surface area contributed by atoms with E-state index in [4.69, 9.17) is 9.98 Å². The zero-order valence-corrected chi connectivity index (χ0v) is 17.2. The quantitative estimate of drug-likeness (QED) is 0.720. The van der Waals surface area contributed by atoms with E-state index >= 15 is 0 Å². The second kappa shape index (κ2) is 8.59. The third kappa shape index (κ3) is 4.61. The first-order valence-electron chi connectivity index (χ1n) is 10.0. The molecule has 0 radical (unpaired) electrons. The van der Waals surface area contributed by atoms with Crippen molar-refractivity contribution >= 4 is 12.4 Å². The number of aromatic hydroxyl groups is 2. The average molecular weight is 379 g/mol. The molecule has 0 bridgehead atoms. The Balaban J connectivity index is 1.82. The van der Waals surface area contributed by atoms with Gasteiger partial charge in [-0.25, -0.2) is 0 Å². The van der Waals surface area contributed by atoms with Gasteiger partial charge < -0.3 is 10.2 Å². The van der Waals surface area contributed by atoms with Crippen molar-refractivity contribution in [1.82, 2.24) is 0 Å². The lowest BCUT2D eigenvalue weighted by atomic mass is 9.91. The highest BCUT2D eigenvalue weighted by atomic mass is 16.3. The Morgan fingerprint density at radius 2 is 1.11 bits per heavy atom. The predicted octanol–water partition coefficient (Wildman–Crippen LogP) is 5.18. The summed E-state index contributed by atoms with van der Waals surface area (Å²) < 4.78 is 0. The Morgan fingerprint density at radius 1 is 0.714 bits per heavy atom. The molecule has 0 amide bonds. The highest BCUT2D eigenvalue weighted by Crippen LogP contribution is 2.27. The summed E-state index contributed by atoms with van der Waals surface area (Å²) in [7, 11) is 0. The number of aryl methyl sites for hydroxylation is 4. The van der Waals surface area contributed by atoms with Crippen LogP contribution in [0.25, 0.3) is 0 Å². The zero-order chi connectivity index (χ0) is 20.3. The molecule has 148 valence electrons. The molecule has 4 heteroatoms. The Morgan fingerprint density at radius 3 is 1.50 bits per heavy atom. The van der Waals surface area contributed by atoms with Gasteiger partial charge in [0.25, 0.3) is 0 Å². The number of aliphatic imine (C=N–C) groups is 2. The van der Waals surface area contributed by atoms with Crippen LogP contribution in [0.2, 0.25) is 0 Å². The van der Waals surface area contributed by atoms with Crippen molar-refractivity contribution in [1.29, 1.82) is 0 Å². The molecular weight excluding hydrogens is 348 g/mol. The maximum absolute atomic E-state index is 10.3. The molecule has 2 N–H and O–H groups in total. The van der Waals surface area contributed by atoms with Gasteiger partial charge in [0.05, 0.1) is 12.1 Å². The van der Waals surface area contributed by atoms with Crippen LogP contribution in [0.4, 0.5) is 0 Å². The molecule has 0 aromatic heterocycles. The van der Waals surface area contributed by atoms with Gasteiger partial charge in [-0.3, -0.25) is 9.98 Å². The Labute approximate surface area is 167 Å². The summed E-state index contributed by atoms with van der Waals surface area (Å²) in [5, 5.41) is 20.6. The second-order valence-corrected chi connectivity index (χ2v) is 8.01. The summed E-state index contributed by atoms with van der Waals surface area (Å²) in [5.41, 5.74) is 5.48. The molecule has 1 aliphatic rings. The Hall–Kier alpha value is -2.62. The molecule has 2 aromatic rings. The number of rotatable bonds is 4. The number of phenols is 2. The lowest BCUT2D eigenvalue weighted by Crippen LogP contribution is -2.27. The van der Waals surface area contributed by atoms with Gasteiger partial charge in [-0.1, -0.05) is 25.0 Å². The van der Waals surface area contributed by atoms with E-state index in [0.717, 1.165) is 59.1 Å². The van der Waals surface area contributed by atoms with Crippen molar-refractivity contribution in [3.63, 3.8) is 0 Å². The first-order valence-corrected chi connectivity index (χ1v) is 10.0. The number of benzene rings is 2. The Bertz CT molecular complexity index is 840. The summed E-state index contributed by atoms with van der Waals surface area (Å²) >= 11 is 0. The molecule has 3 rings (SSSR count). The summed E-state index contributed by atoms with van der Waals surface area (Å²) in [6.45, 7) is 7.86. The van der Waals surface area contributed by atoms with Crippen LogP contribution < -0.4 is 0 Å². The minimum absolute atomic E-state index is 0.0956. The summed E-state index contributed by atoms with van der Waals surface area (Å²) in [4.78, 5) is 9.57. The van der Waals surface area contributed by atoms with Gasteiger partial charge >= 0.3 is 0 Å². The van der Waals surface area contributed by atoms with Crippen LogP contribution >= 0.6 is 0 Å². The van der Waals surface area contributed by atoms with Crippen LogP contribution in [0, 0.1) is 27.7 Å². The first kappa shape index (κ1) is 20.1. The standard InChI is InChI=1S/C24H30N2O2/c1-15-9-17(3)23(27)19(11-15)13-25-21-7-5-6-8-22(21)26-14-20-12-16(2)10-18(4)24(20)28/h9-14,21-22,27-28H,5-8H2,1-4H3. The lowest BCUT2D eigenvalue weighted by molar-refractivity contribution is 0.390. The van der Waals surface area contributed by atoms with Crippen molar-refractivity contribution < 1.29 is 10.2 Å². The van der Waals surface area contributed by atoms with Crippen molar-refractivity contribution in [3.05, 3.63) is 57.6 Å². The fourth-order valence-corrected chi connectivity index (χ4v) is 3.97. The number of hydrogen-bond donors (Lipinski definition) is 2. The minimum atomic E-state index is 0.0956. The minimum Gasteiger partial charge on any atom is -0.507 e. The molecule has 1 fully saturated rings. The van der Waals surface area contributed by atoms with E-state index in [-0.39, 0.29) is 12.1 Å². The molecule has 0 aliphatic heterocycles. The lowest BCUT2D eigenvalue weighted by Gasteiger charge is -2.25. The predicted molar refractivity (Wildman–Crippen MR) is 116 cm³/mol. The molecule has 2 unspecified atom stereocenters. The first-order chi connectivity index (χ1) is 13.3. The summed E-state index contributed by atoms with van der Waals surface area (Å²) in [6.07, 6.45) is 7.85. The van der Waals surface area contributed by atoms with Crippen molar-refractivity contribution in [2.24, 2.45) is 9.98 Å². The van der Waals surface area contributed by atoms with Crippen molar-refractivity contribution in [2.45, 2.75) is 65.5 Å². The smallest absolute Gasteiger partial charge is 0.127 e.